The number of likely N-dealkylation sites (tertiary alicyclic amines) is 1. The summed E-state index contributed by atoms with van der Waals surface area (Å²) in [5, 5.41) is 23.2. The summed E-state index contributed by atoms with van der Waals surface area (Å²) >= 11 is 1.38. The van der Waals surface area contributed by atoms with Crippen LogP contribution in [0.3, 0.4) is 0 Å². The van der Waals surface area contributed by atoms with Crippen molar-refractivity contribution in [3.05, 3.63) is 0 Å². The van der Waals surface area contributed by atoms with Crippen molar-refractivity contribution < 1.29 is 39.0 Å². The minimum Gasteiger partial charge on any atom is -0.481 e. The Morgan fingerprint density at radius 1 is 1.06 bits per heavy atom. The van der Waals surface area contributed by atoms with Gasteiger partial charge < -0.3 is 37.2 Å². The highest BCUT2D eigenvalue weighted by Crippen LogP contribution is 2.19. The van der Waals surface area contributed by atoms with Crippen molar-refractivity contribution in [2.45, 2.75) is 56.3 Å². The third kappa shape index (κ3) is 8.34. The Hall–Kier alpha value is -2.87. The second-order valence-corrected chi connectivity index (χ2v) is 8.29. The van der Waals surface area contributed by atoms with Gasteiger partial charge >= 0.3 is 11.9 Å². The second kappa shape index (κ2) is 12.9. The van der Waals surface area contributed by atoms with E-state index >= 15 is 0 Å². The molecule has 4 unspecified atom stereocenters. The number of nitrogens with two attached hydrogens (primary N) is 2. The first-order valence-corrected chi connectivity index (χ1v) is 11.3. The summed E-state index contributed by atoms with van der Waals surface area (Å²) in [5.41, 5.74) is 10.6. The van der Waals surface area contributed by atoms with Crippen LogP contribution in [0.15, 0.2) is 0 Å². The van der Waals surface area contributed by atoms with Crippen molar-refractivity contribution in [2.24, 2.45) is 11.5 Å². The van der Waals surface area contributed by atoms with Crippen molar-refractivity contribution in [1.29, 1.82) is 0 Å². The van der Waals surface area contributed by atoms with E-state index in [4.69, 9.17) is 11.5 Å². The van der Waals surface area contributed by atoms with E-state index < -0.39 is 72.6 Å². The van der Waals surface area contributed by atoms with Crippen LogP contribution in [-0.2, 0) is 28.8 Å². The Balaban J connectivity index is 2.98. The summed E-state index contributed by atoms with van der Waals surface area (Å²) in [5.74, 6) is -5.42. The van der Waals surface area contributed by atoms with Gasteiger partial charge in [-0.15, -0.1) is 0 Å². The number of rotatable bonds is 13. The number of hydrogen-bond acceptors (Lipinski definition) is 8. The number of hydrogen-bond donors (Lipinski definition) is 6. The fraction of sp³-hybridized carbons (Fsp3) is 0.667. The number of amides is 4. The predicted octanol–water partition coefficient (Wildman–Crippen LogP) is -2.54. The van der Waals surface area contributed by atoms with Gasteiger partial charge in [0.15, 0.2) is 0 Å². The van der Waals surface area contributed by atoms with Crippen LogP contribution < -0.4 is 22.1 Å². The van der Waals surface area contributed by atoms with Gasteiger partial charge in [0.2, 0.25) is 23.6 Å². The van der Waals surface area contributed by atoms with E-state index in [0.717, 1.165) is 4.90 Å². The molecule has 180 valence electrons. The molecule has 4 amide bonds. The highest BCUT2D eigenvalue weighted by atomic mass is 32.2. The molecule has 4 atom stereocenters. The van der Waals surface area contributed by atoms with Crippen LogP contribution in [0, 0.1) is 0 Å². The summed E-state index contributed by atoms with van der Waals surface area (Å²) in [6.07, 6.45) is 1.36. The van der Waals surface area contributed by atoms with Crippen LogP contribution in [0.2, 0.25) is 0 Å². The SMILES string of the molecule is CSCCC(NC(=O)C(N)CC(N)=O)C(=O)NC(CC(=O)O)C(=O)N1CCCC1C(=O)O. The summed E-state index contributed by atoms with van der Waals surface area (Å²) in [6.45, 7) is 0.121. The maximum atomic E-state index is 12.8. The Morgan fingerprint density at radius 3 is 2.22 bits per heavy atom. The van der Waals surface area contributed by atoms with Gasteiger partial charge in [-0.1, -0.05) is 0 Å². The molecule has 1 aliphatic rings. The molecule has 0 aromatic heterocycles. The van der Waals surface area contributed by atoms with Crippen LogP contribution in [0.5, 0.6) is 0 Å². The topological polar surface area (TPSA) is 222 Å². The van der Waals surface area contributed by atoms with E-state index in [0.29, 0.717) is 12.2 Å². The lowest BCUT2D eigenvalue weighted by Crippen LogP contribution is -2.57. The average Bonchev–Trinajstić information content (AvgIpc) is 3.19. The number of carboxylic acid groups (broad SMARTS) is 2. The molecule has 0 spiro atoms. The molecule has 1 fully saturated rings. The minimum atomic E-state index is -1.52. The molecule has 0 bridgehead atoms. The molecule has 8 N–H and O–H groups in total. The fourth-order valence-electron chi connectivity index (χ4n) is 3.23. The molecular weight excluding hydrogens is 446 g/mol. The lowest BCUT2D eigenvalue weighted by Gasteiger charge is -2.28. The first-order chi connectivity index (χ1) is 15.0. The molecule has 0 saturated carbocycles. The largest absolute Gasteiger partial charge is 0.481 e. The lowest BCUT2D eigenvalue weighted by atomic mass is 10.1. The van der Waals surface area contributed by atoms with Gasteiger partial charge in [-0.25, -0.2) is 4.79 Å². The van der Waals surface area contributed by atoms with Crippen LogP contribution in [-0.4, -0.2) is 93.4 Å². The van der Waals surface area contributed by atoms with E-state index in [1.54, 1.807) is 6.26 Å². The minimum absolute atomic E-state index is 0.121. The van der Waals surface area contributed by atoms with Gasteiger partial charge in [0.1, 0.15) is 18.1 Å². The molecular formula is C18H29N5O8S. The molecule has 32 heavy (non-hydrogen) atoms. The van der Waals surface area contributed by atoms with E-state index in [-0.39, 0.29) is 19.4 Å². The van der Waals surface area contributed by atoms with Gasteiger partial charge in [0.25, 0.3) is 0 Å². The maximum absolute atomic E-state index is 12.8. The van der Waals surface area contributed by atoms with Gasteiger partial charge in [-0.2, -0.15) is 11.8 Å². The summed E-state index contributed by atoms with van der Waals surface area (Å²) in [7, 11) is 0. The Morgan fingerprint density at radius 2 is 1.69 bits per heavy atom. The molecule has 0 aromatic rings. The molecule has 1 saturated heterocycles. The Labute approximate surface area is 188 Å². The number of thioether (sulfide) groups is 1. The third-order valence-corrected chi connectivity index (χ3v) is 5.46. The molecule has 1 rings (SSSR count). The number of primary amides is 1. The van der Waals surface area contributed by atoms with Crippen LogP contribution >= 0.6 is 11.8 Å². The zero-order valence-electron chi connectivity index (χ0n) is 17.6. The van der Waals surface area contributed by atoms with Crippen molar-refractivity contribution in [3.63, 3.8) is 0 Å². The lowest BCUT2D eigenvalue weighted by molar-refractivity contribution is -0.150. The molecule has 1 aliphatic heterocycles. The predicted molar refractivity (Wildman–Crippen MR) is 113 cm³/mol. The van der Waals surface area contributed by atoms with Crippen LogP contribution in [0.4, 0.5) is 0 Å². The zero-order valence-corrected chi connectivity index (χ0v) is 18.4. The highest BCUT2D eigenvalue weighted by Gasteiger charge is 2.39. The summed E-state index contributed by atoms with van der Waals surface area (Å²) < 4.78 is 0. The Kier molecular flexibility index (Phi) is 10.9. The van der Waals surface area contributed by atoms with E-state index in [2.05, 4.69) is 10.6 Å². The van der Waals surface area contributed by atoms with Gasteiger partial charge in [-0.3, -0.25) is 24.0 Å². The van der Waals surface area contributed by atoms with Crippen molar-refractivity contribution in [2.75, 3.05) is 18.6 Å². The number of carboxylic acids is 2. The molecule has 1 heterocycles. The Bertz CT molecular complexity index is 749. The summed E-state index contributed by atoms with van der Waals surface area (Å²) in [6, 6.07) is -5.07. The molecule has 0 radical (unpaired) electrons. The standard InChI is InChI=1S/C18H29N5O8S/c1-32-6-4-10(21-15(27)9(19)7-13(20)24)16(28)22-11(8-14(25)26)17(29)23-5-2-3-12(23)18(30)31/h9-12H,2-8,19H2,1H3,(H2,20,24)(H,21,27)(H,22,28)(H,25,26)(H,30,31). The van der Waals surface area contributed by atoms with Crippen LogP contribution in [0.25, 0.3) is 0 Å². The normalized spacial score (nSPS) is 18.3. The van der Waals surface area contributed by atoms with E-state index in [1.165, 1.54) is 11.8 Å². The first-order valence-electron chi connectivity index (χ1n) is 9.86. The van der Waals surface area contributed by atoms with Crippen LogP contribution in [0.1, 0.15) is 32.1 Å². The van der Waals surface area contributed by atoms with Crippen molar-refractivity contribution in [3.8, 4) is 0 Å². The number of aliphatic carboxylic acids is 2. The smallest absolute Gasteiger partial charge is 0.326 e. The fourth-order valence-corrected chi connectivity index (χ4v) is 3.70. The second-order valence-electron chi connectivity index (χ2n) is 7.31. The van der Waals surface area contributed by atoms with Gasteiger partial charge in [0.05, 0.1) is 18.9 Å². The molecule has 0 aromatic carbocycles. The number of nitrogens with one attached hydrogen (secondary N) is 2. The molecule has 14 heteroatoms. The van der Waals surface area contributed by atoms with E-state index in [9.17, 15) is 39.0 Å². The first kappa shape index (κ1) is 27.2. The number of carbonyl (C=O) groups excluding carboxylic acids is 4. The monoisotopic (exact) mass is 475 g/mol. The average molecular weight is 476 g/mol. The molecule has 13 nitrogen and oxygen atoms in total. The van der Waals surface area contributed by atoms with Gasteiger partial charge in [0, 0.05) is 6.54 Å². The summed E-state index contributed by atoms with van der Waals surface area (Å²) in [4.78, 5) is 72.5. The number of nitrogens with zero attached hydrogens (tertiary/aromatic N) is 1. The van der Waals surface area contributed by atoms with Crippen molar-refractivity contribution >= 4 is 47.3 Å². The third-order valence-electron chi connectivity index (χ3n) is 4.82. The quantitative estimate of drug-likeness (QED) is 0.164. The van der Waals surface area contributed by atoms with E-state index in [1.807, 2.05) is 0 Å². The zero-order chi connectivity index (χ0) is 24.4. The van der Waals surface area contributed by atoms with Crippen molar-refractivity contribution in [1.82, 2.24) is 15.5 Å². The maximum Gasteiger partial charge on any atom is 0.326 e. The van der Waals surface area contributed by atoms with Gasteiger partial charge in [-0.05, 0) is 31.3 Å². The highest BCUT2D eigenvalue weighted by molar-refractivity contribution is 7.98. The molecule has 0 aliphatic carbocycles. The number of carbonyl (C=O) groups is 6.